The van der Waals surface area contributed by atoms with Gasteiger partial charge in [-0.3, -0.25) is 0 Å². The minimum absolute atomic E-state index is 0.0434. The van der Waals surface area contributed by atoms with Crippen molar-refractivity contribution >= 4 is 21.7 Å². The zero-order chi connectivity index (χ0) is 13.8. The maximum Gasteiger partial charge on any atom is 0.332 e. The van der Waals surface area contributed by atoms with Gasteiger partial charge >= 0.3 is 6.03 Å². The summed E-state index contributed by atoms with van der Waals surface area (Å²) in [6, 6.07) is 1.67. The van der Waals surface area contributed by atoms with Gasteiger partial charge in [0.15, 0.2) is 11.6 Å². The molecule has 100 valence electrons. The first kappa shape index (κ1) is 14.4. The highest BCUT2D eigenvalue weighted by Gasteiger charge is 2.13. The molecular weight excluding hydrogens is 266 g/mol. The van der Waals surface area contributed by atoms with Crippen molar-refractivity contribution in [1.29, 1.82) is 0 Å². The number of rotatable bonds is 4. The molecule has 0 aliphatic carbocycles. The van der Waals surface area contributed by atoms with Gasteiger partial charge in [-0.1, -0.05) is 6.92 Å². The van der Waals surface area contributed by atoms with Gasteiger partial charge in [0.2, 0.25) is 10.0 Å². The first-order chi connectivity index (χ1) is 8.34. The Morgan fingerprint density at radius 3 is 2.50 bits per heavy atom. The zero-order valence-electron chi connectivity index (χ0n) is 9.54. The third-order valence-electron chi connectivity index (χ3n) is 1.90. The molecule has 8 heteroatoms. The number of urea groups is 1. The van der Waals surface area contributed by atoms with Crippen molar-refractivity contribution in [2.75, 3.05) is 11.1 Å². The Kier molecular flexibility index (Phi) is 4.60. The third kappa shape index (κ3) is 4.28. The molecule has 1 aromatic rings. The molecule has 0 bridgehead atoms. The van der Waals surface area contributed by atoms with Crippen molar-refractivity contribution in [1.82, 2.24) is 4.72 Å². The van der Waals surface area contributed by atoms with Crippen LogP contribution in [0.25, 0.3) is 0 Å². The highest BCUT2D eigenvalue weighted by Crippen LogP contribution is 2.12. The predicted molar refractivity (Wildman–Crippen MR) is 62.6 cm³/mol. The minimum atomic E-state index is -3.70. The molecule has 0 aliphatic rings. The topological polar surface area (TPSA) is 75.3 Å². The summed E-state index contributed by atoms with van der Waals surface area (Å²) in [6.07, 6.45) is 0.355. The number of hydrogen-bond acceptors (Lipinski definition) is 3. The van der Waals surface area contributed by atoms with Crippen LogP contribution in [0.5, 0.6) is 0 Å². The van der Waals surface area contributed by atoms with E-state index in [1.54, 1.807) is 11.6 Å². The van der Waals surface area contributed by atoms with Gasteiger partial charge in [0.05, 0.1) is 5.75 Å². The van der Waals surface area contributed by atoms with Crippen LogP contribution in [0.4, 0.5) is 19.3 Å². The normalized spacial score (nSPS) is 11.1. The monoisotopic (exact) mass is 278 g/mol. The molecule has 0 spiro atoms. The van der Waals surface area contributed by atoms with Crippen molar-refractivity contribution in [2.45, 2.75) is 13.3 Å². The van der Waals surface area contributed by atoms with Gasteiger partial charge in [0, 0.05) is 11.8 Å². The fourth-order valence-electron chi connectivity index (χ4n) is 1.19. The van der Waals surface area contributed by atoms with Gasteiger partial charge in [0.25, 0.3) is 0 Å². The van der Waals surface area contributed by atoms with E-state index in [-0.39, 0.29) is 11.4 Å². The maximum atomic E-state index is 12.8. The van der Waals surface area contributed by atoms with E-state index in [1.165, 1.54) is 0 Å². The Hall–Kier alpha value is -1.70. The van der Waals surface area contributed by atoms with E-state index >= 15 is 0 Å². The fourth-order valence-corrected chi connectivity index (χ4v) is 2.16. The Balaban J connectivity index is 2.68. The number of amides is 2. The largest absolute Gasteiger partial charge is 0.332 e. The third-order valence-corrected chi connectivity index (χ3v) is 3.34. The van der Waals surface area contributed by atoms with Crippen LogP contribution in [-0.2, 0) is 10.0 Å². The van der Waals surface area contributed by atoms with E-state index in [0.29, 0.717) is 6.42 Å². The second-order valence-electron chi connectivity index (χ2n) is 3.50. The fraction of sp³-hybridized carbons (Fsp3) is 0.300. The summed E-state index contributed by atoms with van der Waals surface area (Å²) in [5.41, 5.74) is -0.0434. The van der Waals surface area contributed by atoms with Crippen molar-refractivity contribution in [3.05, 3.63) is 29.8 Å². The molecule has 0 saturated carbocycles. The summed E-state index contributed by atoms with van der Waals surface area (Å²) >= 11 is 0. The minimum Gasteiger partial charge on any atom is -0.307 e. The lowest BCUT2D eigenvalue weighted by Crippen LogP contribution is -2.35. The van der Waals surface area contributed by atoms with E-state index in [1.807, 2.05) is 0 Å². The Morgan fingerprint density at radius 2 is 1.94 bits per heavy atom. The number of hydrogen-bond donors (Lipinski definition) is 2. The lowest BCUT2D eigenvalue weighted by atomic mass is 10.3. The summed E-state index contributed by atoms with van der Waals surface area (Å²) in [4.78, 5) is 11.3. The summed E-state index contributed by atoms with van der Waals surface area (Å²) < 4.78 is 49.7. The zero-order valence-corrected chi connectivity index (χ0v) is 10.4. The predicted octanol–water partition coefficient (Wildman–Crippen LogP) is 1.83. The van der Waals surface area contributed by atoms with Crippen LogP contribution < -0.4 is 10.0 Å². The molecule has 0 aromatic heterocycles. The number of nitrogens with one attached hydrogen (secondary N) is 2. The second kappa shape index (κ2) is 5.76. The molecule has 0 saturated heterocycles. The number of sulfonamides is 1. The lowest BCUT2D eigenvalue weighted by molar-refractivity contribution is 0.256. The Labute approximate surface area is 103 Å². The summed E-state index contributed by atoms with van der Waals surface area (Å²) in [5, 5.41) is 2.09. The number of carbonyl (C=O) groups is 1. The van der Waals surface area contributed by atoms with Crippen molar-refractivity contribution < 1.29 is 22.0 Å². The van der Waals surface area contributed by atoms with Crippen LogP contribution in [0.3, 0.4) is 0 Å². The molecule has 1 rings (SSSR count). The Morgan fingerprint density at radius 1 is 1.28 bits per heavy atom. The summed E-state index contributed by atoms with van der Waals surface area (Å²) in [5.74, 6) is -2.39. The maximum absolute atomic E-state index is 12.8. The van der Waals surface area contributed by atoms with Crippen molar-refractivity contribution in [3.63, 3.8) is 0 Å². The molecule has 0 heterocycles. The molecule has 0 unspecified atom stereocenters. The molecule has 2 N–H and O–H groups in total. The van der Waals surface area contributed by atoms with E-state index < -0.39 is 27.7 Å². The smallest absolute Gasteiger partial charge is 0.307 e. The average molecular weight is 278 g/mol. The molecular formula is C10H12F2N2O3S. The van der Waals surface area contributed by atoms with Crippen LogP contribution in [0.2, 0.25) is 0 Å². The van der Waals surface area contributed by atoms with E-state index in [9.17, 15) is 22.0 Å². The Bertz CT molecular complexity index is 546. The first-order valence-corrected chi connectivity index (χ1v) is 6.76. The summed E-state index contributed by atoms with van der Waals surface area (Å²) in [6.45, 7) is 1.65. The molecule has 0 fully saturated rings. The molecule has 0 atom stereocenters. The van der Waals surface area contributed by atoms with E-state index in [4.69, 9.17) is 0 Å². The lowest BCUT2D eigenvalue weighted by Gasteiger charge is -2.07. The second-order valence-corrected chi connectivity index (χ2v) is 5.35. The SMILES string of the molecule is CCCS(=O)(=O)NC(=O)Nc1ccc(F)c(F)c1. The highest BCUT2D eigenvalue weighted by atomic mass is 32.2. The molecule has 1 aromatic carbocycles. The van der Waals surface area contributed by atoms with Gasteiger partial charge in [-0.2, -0.15) is 0 Å². The van der Waals surface area contributed by atoms with Gasteiger partial charge < -0.3 is 5.32 Å². The van der Waals surface area contributed by atoms with Crippen LogP contribution >= 0.6 is 0 Å². The van der Waals surface area contributed by atoms with Gasteiger partial charge in [0.1, 0.15) is 0 Å². The number of benzene rings is 1. The van der Waals surface area contributed by atoms with Crippen LogP contribution in [0.15, 0.2) is 18.2 Å². The number of carbonyl (C=O) groups excluding carboxylic acids is 1. The van der Waals surface area contributed by atoms with Gasteiger partial charge in [-0.15, -0.1) is 0 Å². The number of anilines is 1. The van der Waals surface area contributed by atoms with Crippen LogP contribution in [0, 0.1) is 11.6 Å². The van der Waals surface area contributed by atoms with E-state index in [0.717, 1.165) is 18.2 Å². The van der Waals surface area contributed by atoms with Crippen molar-refractivity contribution in [2.24, 2.45) is 0 Å². The van der Waals surface area contributed by atoms with Crippen LogP contribution in [-0.4, -0.2) is 20.2 Å². The molecule has 2 amide bonds. The molecule has 18 heavy (non-hydrogen) atoms. The first-order valence-electron chi connectivity index (χ1n) is 5.10. The van der Waals surface area contributed by atoms with Gasteiger partial charge in [-0.05, 0) is 18.6 Å². The highest BCUT2D eigenvalue weighted by molar-refractivity contribution is 7.90. The molecule has 0 radical (unpaired) electrons. The standard InChI is InChI=1S/C10H12F2N2O3S/c1-2-5-18(16,17)14-10(15)13-7-3-4-8(11)9(12)6-7/h3-4,6H,2,5H2,1H3,(H2,13,14,15). The van der Waals surface area contributed by atoms with E-state index in [2.05, 4.69) is 5.32 Å². The van der Waals surface area contributed by atoms with Gasteiger partial charge in [-0.25, -0.2) is 26.7 Å². The molecule has 5 nitrogen and oxygen atoms in total. The summed E-state index contributed by atoms with van der Waals surface area (Å²) in [7, 11) is -3.70. The average Bonchev–Trinajstić information content (AvgIpc) is 2.22. The quantitative estimate of drug-likeness (QED) is 0.882. The molecule has 0 aliphatic heterocycles. The van der Waals surface area contributed by atoms with Crippen molar-refractivity contribution in [3.8, 4) is 0 Å². The number of halogens is 2. The van der Waals surface area contributed by atoms with Crippen LogP contribution in [0.1, 0.15) is 13.3 Å².